The number of hydrogen-bond donors (Lipinski definition) is 1. The van der Waals surface area contributed by atoms with Gasteiger partial charge in [0, 0.05) is 18.5 Å². The van der Waals surface area contributed by atoms with E-state index in [2.05, 4.69) is 5.32 Å². The van der Waals surface area contributed by atoms with E-state index in [0.29, 0.717) is 29.3 Å². The van der Waals surface area contributed by atoms with Gasteiger partial charge in [0.15, 0.2) is 5.78 Å². The van der Waals surface area contributed by atoms with E-state index in [1.165, 1.54) is 0 Å². The Kier molecular flexibility index (Phi) is 5.45. The maximum absolute atomic E-state index is 11.7. The predicted octanol–water partition coefficient (Wildman–Crippen LogP) is 2.92. The number of carbonyl (C=O) groups is 1. The normalized spacial score (nSPS) is 10.6. The highest BCUT2D eigenvalue weighted by Gasteiger charge is 2.09. The zero-order chi connectivity index (χ0) is 12.8. The zero-order valence-electron chi connectivity index (χ0n) is 10.4. The summed E-state index contributed by atoms with van der Waals surface area (Å²) in [5, 5.41) is 3.42. The number of benzene rings is 1. The monoisotopic (exact) mass is 255 g/mol. The lowest BCUT2D eigenvalue weighted by atomic mass is 10.1. The molecule has 0 aliphatic rings. The summed E-state index contributed by atoms with van der Waals surface area (Å²) in [6.07, 6.45) is 0.537. The van der Waals surface area contributed by atoms with E-state index in [1.54, 1.807) is 18.2 Å². The molecular weight excluding hydrogens is 238 g/mol. The summed E-state index contributed by atoms with van der Waals surface area (Å²) in [4.78, 5) is 11.7. The van der Waals surface area contributed by atoms with Gasteiger partial charge in [-0.15, -0.1) is 0 Å². The first-order valence-corrected chi connectivity index (χ1v) is 6.06. The third-order valence-electron chi connectivity index (χ3n) is 2.22. The predicted molar refractivity (Wildman–Crippen MR) is 70.1 cm³/mol. The Morgan fingerprint density at radius 1 is 1.47 bits per heavy atom. The molecule has 0 fully saturated rings. The zero-order valence-corrected chi connectivity index (χ0v) is 11.2. The molecule has 0 spiro atoms. The van der Waals surface area contributed by atoms with E-state index in [4.69, 9.17) is 16.3 Å². The van der Waals surface area contributed by atoms with Crippen molar-refractivity contribution in [3.63, 3.8) is 0 Å². The maximum Gasteiger partial charge on any atom is 0.164 e. The molecule has 0 aliphatic heterocycles. The van der Waals surface area contributed by atoms with Crippen LogP contribution in [0.1, 0.15) is 30.6 Å². The van der Waals surface area contributed by atoms with Crippen LogP contribution in [0.5, 0.6) is 5.75 Å². The van der Waals surface area contributed by atoms with E-state index in [9.17, 15) is 4.79 Å². The maximum atomic E-state index is 11.7. The molecule has 0 saturated carbocycles. The fourth-order valence-corrected chi connectivity index (χ4v) is 1.63. The SMILES string of the molecule is CNCCC(=O)c1ccc(OC(C)C)c(Cl)c1. The Bertz CT molecular complexity index is 391. The average Bonchev–Trinajstić information content (AvgIpc) is 2.28. The molecule has 1 aromatic rings. The number of hydrogen-bond acceptors (Lipinski definition) is 3. The molecule has 4 heteroatoms. The van der Waals surface area contributed by atoms with Crippen molar-refractivity contribution >= 4 is 17.4 Å². The minimum Gasteiger partial charge on any atom is -0.489 e. The molecule has 3 nitrogen and oxygen atoms in total. The van der Waals surface area contributed by atoms with E-state index in [1.807, 2.05) is 20.9 Å². The molecule has 0 saturated heterocycles. The van der Waals surface area contributed by atoms with Crippen LogP contribution in [0, 0.1) is 0 Å². The fourth-order valence-electron chi connectivity index (χ4n) is 1.41. The van der Waals surface area contributed by atoms with Crippen molar-refractivity contribution in [2.75, 3.05) is 13.6 Å². The van der Waals surface area contributed by atoms with Gasteiger partial charge in [-0.3, -0.25) is 4.79 Å². The Balaban J connectivity index is 2.77. The number of nitrogens with one attached hydrogen (secondary N) is 1. The van der Waals surface area contributed by atoms with E-state index in [0.717, 1.165) is 0 Å². The van der Waals surface area contributed by atoms with Crippen LogP contribution in [0.25, 0.3) is 0 Å². The molecule has 94 valence electrons. The molecule has 0 aromatic heterocycles. The quantitative estimate of drug-likeness (QED) is 0.795. The van der Waals surface area contributed by atoms with Crippen molar-refractivity contribution in [3.8, 4) is 5.75 Å². The fraction of sp³-hybridized carbons (Fsp3) is 0.462. The largest absolute Gasteiger partial charge is 0.489 e. The Morgan fingerprint density at radius 2 is 2.18 bits per heavy atom. The molecule has 0 bridgehead atoms. The third kappa shape index (κ3) is 4.36. The van der Waals surface area contributed by atoms with Crippen LogP contribution in [-0.2, 0) is 0 Å². The lowest BCUT2D eigenvalue weighted by Crippen LogP contribution is -2.13. The minimum atomic E-state index is 0.0679. The lowest BCUT2D eigenvalue weighted by molar-refractivity contribution is 0.0983. The van der Waals surface area contributed by atoms with Crippen molar-refractivity contribution in [3.05, 3.63) is 28.8 Å². The first-order chi connectivity index (χ1) is 8.04. The molecule has 0 unspecified atom stereocenters. The molecule has 1 rings (SSSR count). The van der Waals surface area contributed by atoms with Crippen molar-refractivity contribution in [2.24, 2.45) is 0 Å². The summed E-state index contributed by atoms with van der Waals surface area (Å²) in [5.41, 5.74) is 0.626. The molecule has 0 amide bonds. The van der Waals surface area contributed by atoms with Crippen molar-refractivity contribution in [1.29, 1.82) is 0 Å². The van der Waals surface area contributed by atoms with Crippen LogP contribution in [0.2, 0.25) is 5.02 Å². The average molecular weight is 256 g/mol. The van der Waals surface area contributed by atoms with Gasteiger partial charge < -0.3 is 10.1 Å². The van der Waals surface area contributed by atoms with Gasteiger partial charge in [0.2, 0.25) is 0 Å². The van der Waals surface area contributed by atoms with Crippen molar-refractivity contribution in [1.82, 2.24) is 5.32 Å². The van der Waals surface area contributed by atoms with Crippen LogP contribution in [-0.4, -0.2) is 25.5 Å². The van der Waals surface area contributed by atoms with Crippen molar-refractivity contribution in [2.45, 2.75) is 26.4 Å². The molecule has 1 N–H and O–H groups in total. The second-order valence-electron chi connectivity index (χ2n) is 4.09. The molecule has 0 radical (unpaired) electrons. The van der Waals surface area contributed by atoms with E-state index in [-0.39, 0.29) is 11.9 Å². The summed E-state index contributed by atoms with van der Waals surface area (Å²) >= 11 is 6.06. The van der Waals surface area contributed by atoms with Crippen molar-refractivity contribution < 1.29 is 9.53 Å². The third-order valence-corrected chi connectivity index (χ3v) is 2.51. The van der Waals surface area contributed by atoms with Crippen LogP contribution in [0.3, 0.4) is 0 Å². The molecule has 17 heavy (non-hydrogen) atoms. The van der Waals surface area contributed by atoms with Gasteiger partial charge in [-0.05, 0) is 39.1 Å². The van der Waals surface area contributed by atoms with Gasteiger partial charge in [-0.1, -0.05) is 11.6 Å². The Hall–Kier alpha value is -1.06. The number of halogens is 1. The van der Waals surface area contributed by atoms with Gasteiger partial charge in [0.05, 0.1) is 11.1 Å². The summed E-state index contributed by atoms with van der Waals surface area (Å²) in [7, 11) is 1.82. The van der Waals surface area contributed by atoms with E-state index < -0.39 is 0 Å². The number of ether oxygens (including phenoxy) is 1. The number of carbonyl (C=O) groups excluding carboxylic acids is 1. The first-order valence-electron chi connectivity index (χ1n) is 5.68. The topological polar surface area (TPSA) is 38.3 Å². The highest BCUT2D eigenvalue weighted by molar-refractivity contribution is 6.32. The standard InChI is InChI=1S/C13H18ClNO2/c1-9(2)17-13-5-4-10(8-11(13)14)12(16)6-7-15-3/h4-5,8-9,15H,6-7H2,1-3H3. The summed E-state index contributed by atoms with van der Waals surface area (Å²) in [6, 6.07) is 5.16. The number of Topliss-reactive ketones (excluding diaryl/α,β-unsaturated/α-hetero) is 1. The summed E-state index contributed by atoms with van der Waals surface area (Å²) < 4.78 is 5.51. The highest BCUT2D eigenvalue weighted by atomic mass is 35.5. The molecule has 0 heterocycles. The molecular formula is C13H18ClNO2. The first kappa shape index (κ1) is 14.0. The van der Waals surface area contributed by atoms with Gasteiger partial charge in [-0.25, -0.2) is 0 Å². The summed E-state index contributed by atoms with van der Waals surface area (Å²) in [6.45, 7) is 4.53. The minimum absolute atomic E-state index is 0.0679. The van der Waals surface area contributed by atoms with Gasteiger partial charge in [0.25, 0.3) is 0 Å². The van der Waals surface area contributed by atoms with Gasteiger partial charge in [-0.2, -0.15) is 0 Å². The molecule has 1 aromatic carbocycles. The number of rotatable bonds is 6. The second-order valence-corrected chi connectivity index (χ2v) is 4.50. The highest BCUT2D eigenvalue weighted by Crippen LogP contribution is 2.26. The lowest BCUT2D eigenvalue weighted by Gasteiger charge is -2.12. The van der Waals surface area contributed by atoms with E-state index >= 15 is 0 Å². The number of ketones is 1. The Labute approximate surface area is 107 Å². The molecule has 0 atom stereocenters. The second kappa shape index (κ2) is 6.62. The molecule has 0 aliphatic carbocycles. The van der Waals surface area contributed by atoms with Crippen LogP contribution < -0.4 is 10.1 Å². The van der Waals surface area contributed by atoms with Gasteiger partial charge >= 0.3 is 0 Å². The van der Waals surface area contributed by atoms with Crippen LogP contribution >= 0.6 is 11.6 Å². The van der Waals surface area contributed by atoms with Crippen LogP contribution in [0.4, 0.5) is 0 Å². The van der Waals surface area contributed by atoms with Gasteiger partial charge in [0.1, 0.15) is 5.75 Å². The Morgan fingerprint density at radius 3 is 2.71 bits per heavy atom. The summed E-state index contributed by atoms with van der Waals surface area (Å²) in [5.74, 6) is 0.698. The smallest absolute Gasteiger partial charge is 0.164 e. The van der Waals surface area contributed by atoms with Crippen LogP contribution in [0.15, 0.2) is 18.2 Å².